The van der Waals surface area contributed by atoms with Crippen LogP contribution in [0, 0.1) is 22.0 Å². The van der Waals surface area contributed by atoms with Crippen LogP contribution < -0.4 is 5.32 Å². The summed E-state index contributed by atoms with van der Waals surface area (Å²) in [5, 5.41) is 21.2. The van der Waals surface area contributed by atoms with E-state index in [2.05, 4.69) is 10.2 Å². The molecule has 0 aliphatic rings. The van der Waals surface area contributed by atoms with Crippen LogP contribution in [0.4, 0.5) is 0 Å². The smallest absolute Gasteiger partial charge is 0.308 e. The summed E-state index contributed by atoms with van der Waals surface area (Å²) in [7, 11) is 0. The maximum absolute atomic E-state index is 12.2. The molecule has 0 aliphatic heterocycles. The molecule has 2 N–H and O–H groups in total. The molecule has 24 heavy (non-hydrogen) atoms. The Morgan fingerprint density at radius 3 is 2.54 bits per heavy atom. The van der Waals surface area contributed by atoms with E-state index >= 15 is 0 Å². The molecule has 132 valence electrons. The highest BCUT2D eigenvalue weighted by Gasteiger charge is 2.20. The predicted octanol–water partition coefficient (Wildman–Crippen LogP) is 2.26. The summed E-state index contributed by atoms with van der Waals surface area (Å²) in [6, 6.07) is 6.32. The van der Waals surface area contributed by atoms with Crippen LogP contribution in [-0.4, -0.2) is 28.6 Å². The highest BCUT2D eigenvalue weighted by atomic mass is 16.9. The lowest BCUT2D eigenvalue weighted by molar-refractivity contribution is -0.763. The summed E-state index contributed by atoms with van der Waals surface area (Å²) in [6.45, 7) is 3.67. The zero-order chi connectivity index (χ0) is 18.1. The zero-order valence-electron chi connectivity index (χ0n) is 13.7. The summed E-state index contributed by atoms with van der Waals surface area (Å²) in [5.74, 6) is -1.73. The number of carboxylic acids is 1. The van der Waals surface area contributed by atoms with Gasteiger partial charge in [0.15, 0.2) is 0 Å². The van der Waals surface area contributed by atoms with Gasteiger partial charge in [-0.25, -0.2) is 0 Å². The molecule has 0 aromatic heterocycles. The highest BCUT2D eigenvalue weighted by molar-refractivity contribution is 5.95. The summed E-state index contributed by atoms with van der Waals surface area (Å²) >= 11 is 0. The quantitative estimate of drug-likeness (QED) is 0.499. The molecule has 0 heterocycles. The molecule has 1 aromatic rings. The van der Waals surface area contributed by atoms with E-state index < -0.39 is 22.9 Å². The molecular weight excluding hydrogens is 316 g/mol. The van der Waals surface area contributed by atoms with Gasteiger partial charge in [-0.1, -0.05) is 38.5 Å². The molecule has 1 atom stereocenters. The molecule has 0 aliphatic carbocycles. The van der Waals surface area contributed by atoms with E-state index in [4.69, 9.17) is 0 Å². The number of nitrogens with one attached hydrogen (secondary N) is 1. The molecule has 0 spiro atoms. The van der Waals surface area contributed by atoms with Gasteiger partial charge in [0.05, 0.1) is 5.92 Å². The van der Waals surface area contributed by atoms with Gasteiger partial charge in [0.1, 0.15) is 6.61 Å². The SMILES string of the molecule is CC(C)CC[C@@H](CNC(=O)c1ccccc1CO[N+](=O)[O-])C(=O)O. The van der Waals surface area contributed by atoms with Crippen molar-refractivity contribution in [1.82, 2.24) is 5.32 Å². The van der Waals surface area contributed by atoms with Gasteiger partial charge in [0.25, 0.3) is 11.0 Å². The van der Waals surface area contributed by atoms with Crippen LogP contribution in [0.5, 0.6) is 0 Å². The fraction of sp³-hybridized carbons (Fsp3) is 0.500. The number of nitrogens with zero attached hydrogens (tertiary/aromatic N) is 1. The van der Waals surface area contributed by atoms with Crippen molar-refractivity contribution in [3.8, 4) is 0 Å². The first-order chi connectivity index (χ1) is 11.3. The van der Waals surface area contributed by atoms with Crippen LogP contribution in [0.3, 0.4) is 0 Å². The van der Waals surface area contributed by atoms with Crippen molar-refractivity contribution in [1.29, 1.82) is 0 Å². The number of carbonyl (C=O) groups excluding carboxylic acids is 1. The number of amides is 1. The second-order valence-corrected chi connectivity index (χ2v) is 5.87. The molecular formula is C16H22N2O6. The lowest BCUT2D eigenvalue weighted by atomic mass is 9.97. The zero-order valence-corrected chi connectivity index (χ0v) is 13.7. The van der Waals surface area contributed by atoms with Crippen molar-refractivity contribution < 1.29 is 24.6 Å². The Kier molecular flexibility index (Phi) is 7.67. The molecule has 1 amide bonds. The fourth-order valence-corrected chi connectivity index (χ4v) is 2.15. The van der Waals surface area contributed by atoms with Gasteiger partial charge in [0, 0.05) is 12.1 Å². The number of benzene rings is 1. The lowest BCUT2D eigenvalue weighted by Crippen LogP contribution is -2.33. The van der Waals surface area contributed by atoms with Gasteiger partial charge in [0.2, 0.25) is 0 Å². The first-order valence-electron chi connectivity index (χ1n) is 7.67. The van der Waals surface area contributed by atoms with Crippen molar-refractivity contribution >= 4 is 11.9 Å². The van der Waals surface area contributed by atoms with E-state index in [1.165, 1.54) is 6.07 Å². The number of aliphatic carboxylic acids is 1. The molecule has 1 aromatic carbocycles. The van der Waals surface area contributed by atoms with Crippen molar-refractivity contribution in [3.63, 3.8) is 0 Å². The molecule has 0 fully saturated rings. The van der Waals surface area contributed by atoms with Crippen LogP contribution in [0.25, 0.3) is 0 Å². The minimum atomic E-state index is -0.957. The van der Waals surface area contributed by atoms with E-state index in [0.29, 0.717) is 17.9 Å². The van der Waals surface area contributed by atoms with Crippen LogP contribution in [-0.2, 0) is 16.2 Å². The first-order valence-corrected chi connectivity index (χ1v) is 7.67. The van der Waals surface area contributed by atoms with E-state index in [0.717, 1.165) is 6.42 Å². The molecule has 0 unspecified atom stereocenters. The number of rotatable bonds is 10. The fourth-order valence-electron chi connectivity index (χ4n) is 2.15. The van der Waals surface area contributed by atoms with Crippen LogP contribution >= 0.6 is 0 Å². The minimum Gasteiger partial charge on any atom is -0.481 e. The summed E-state index contributed by atoms with van der Waals surface area (Å²) in [6.07, 6.45) is 1.22. The largest absolute Gasteiger partial charge is 0.481 e. The van der Waals surface area contributed by atoms with E-state index in [1.807, 2.05) is 13.8 Å². The van der Waals surface area contributed by atoms with Gasteiger partial charge in [-0.3, -0.25) is 9.59 Å². The first kappa shape index (κ1) is 19.4. The van der Waals surface area contributed by atoms with Crippen molar-refractivity contribution in [2.24, 2.45) is 11.8 Å². The highest BCUT2D eigenvalue weighted by Crippen LogP contribution is 2.14. The number of carbonyl (C=O) groups is 2. The molecule has 8 nitrogen and oxygen atoms in total. The molecule has 8 heteroatoms. The summed E-state index contributed by atoms with van der Waals surface area (Å²) in [4.78, 5) is 38.1. The van der Waals surface area contributed by atoms with Crippen LogP contribution in [0.2, 0.25) is 0 Å². The standard InChI is InChI=1S/C16H22N2O6/c1-11(2)7-8-12(16(20)21)9-17-15(19)14-6-4-3-5-13(14)10-24-18(22)23/h3-6,11-12H,7-10H2,1-2H3,(H,17,19)(H,20,21)/t12-/m0/s1. The van der Waals surface area contributed by atoms with E-state index in [-0.39, 0.29) is 18.7 Å². The van der Waals surface area contributed by atoms with Crippen LogP contribution in [0.15, 0.2) is 24.3 Å². The average Bonchev–Trinajstić information content (AvgIpc) is 2.52. The van der Waals surface area contributed by atoms with Crippen molar-refractivity contribution in [2.75, 3.05) is 6.54 Å². The van der Waals surface area contributed by atoms with Gasteiger partial charge in [-0.15, -0.1) is 10.1 Å². The van der Waals surface area contributed by atoms with E-state index in [1.54, 1.807) is 18.2 Å². The molecule has 0 bridgehead atoms. The third-order valence-electron chi connectivity index (χ3n) is 3.54. The third-order valence-corrected chi connectivity index (χ3v) is 3.54. The predicted molar refractivity (Wildman–Crippen MR) is 85.8 cm³/mol. The van der Waals surface area contributed by atoms with Gasteiger partial charge >= 0.3 is 5.97 Å². The Bertz CT molecular complexity index is 588. The van der Waals surface area contributed by atoms with E-state index in [9.17, 15) is 24.8 Å². The minimum absolute atomic E-state index is 0.00527. The Morgan fingerprint density at radius 2 is 1.96 bits per heavy atom. The number of hydrogen-bond acceptors (Lipinski definition) is 5. The molecule has 0 saturated heterocycles. The number of carboxylic acid groups (broad SMARTS) is 1. The molecule has 0 saturated carbocycles. The second-order valence-electron chi connectivity index (χ2n) is 5.87. The second kappa shape index (κ2) is 9.49. The third kappa shape index (κ3) is 6.64. The normalized spacial score (nSPS) is 11.8. The van der Waals surface area contributed by atoms with Crippen molar-refractivity contribution in [3.05, 3.63) is 45.5 Å². The number of hydrogen-bond donors (Lipinski definition) is 2. The van der Waals surface area contributed by atoms with Gasteiger partial charge in [-0.05, 0) is 24.0 Å². The van der Waals surface area contributed by atoms with Crippen LogP contribution in [0.1, 0.15) is 42.6 Å². The Morgan fingerprint density at radius 1 is 1.29 bits per heavy atom. The topological polar surface area (TPSA) is 119 Å². The molecule has 0 radical (unpaired) electrons. The van der Waals surface area contributed by atoms with Crippen molar-refractivity contribution in [2.45, 2.75) is 33.3 Å². The monoisotopic (exact) mass is 338 g/mol. The lowest BCUT2D eigenvalue weighted by Gasteiger charge is -2.15. The molecule has 1 rings (SSSR count). The maximum Gasteiger partial charge on any atom is 0.308 e. The summed E-state index contributed by atoms with van der Waals surface area (Å²) < 4.78 is 0. The average molecular weight is 338 g/mol. The Labute approximate surface area is 139 Å². The Hall–Kier alpha value is -2.64. The maximum atomic E-state index is 12.2. The van der Waals surface area contributed by atoms with Gasteiger partial charge in [-0.2, -0.15) is 0 Å². The Balaban J connectivity index is 2.69. The van der Waals surface area contributed by atoms with Gasteiger partial charge < -0.3 is 15.3 Å². The summed E-state index contributed by atoms with van der Waals surface area (Å²) in [5.41, 5.74) is 0.591.